The van der Waals surface area contributed by atoms with Gasteiger partial charge in [-0.15, -0.1) is 0 Å². The second kappa shape index (κ2) is 8.55. The first-order valence-electron chi connectivity index (χ1n) is 8.03. The monoisotopic (exact) mass is 357 g/mol. The summed E-state index contributed by atoms with van der Waals surface area (Å²) in [6.07, 6.45) is 2.12. The highest BCUT2D eigenvalue weighted by Crippen LogP contribution is 2.10. The van der Waals surface area contributed by atoms with E-state index in [1.54, 1.807) is 17.0 Å². The van der Waals surface area contributed by atoms with Crippen molar-refractivity contribution in [2.75, 3.05) is 39.0 Å². The van der Waals surface area contributed by atoms with E-state index in [0.717, 1.165) is 37.9 Å². The van der Waals surface area contributed by atoms with Crippen molar-refractivity contribution in [3.05, 3.63) is 35.6 Å². The first-order chi connectivity index (χ1) is 11.3. The molecule has 0 aromatic heterocycles. The number of carbonyl (C=O) groups excluding carboxylic acids is 1. The maximum absolute atomic E-state index is 12.9. The highest BCUT2D eigenvalue weighted by atomic mass is 32.2. The average molecular weight is 357 g/mol. The van der Waals surface area contributed by atoms with E-state index in [0.29, 0.717) is 13.1 Å². The summed E-state index contributed by atoms with van der Waals surface area (Å²) in [5.41, 5.74) is 1.05. The van der Waals surface area contributed by atoms with Gasteiger partial charge in [0.25, 0.3) is 0 Å². The van der Waals surface area contributed by atoms with Crippen LogP contribution in [0.3, 0.4) is 0 Å². The molecule has 0 unspecified atom stereocenters. The maximum Gasteiger partial charge on any atom is 0.223 e. The fraction of sp³-hybridized carbons (Fsp3) is 0.562. The molecule has 0 saturated carbocycles. The summed E-state index contributed by atoms with van der Waals surface area (Å²) in [5, 5.41) is 0. The van der Waals surface area contributed by atoms with Crippen molar-refractivity contribution < 1.29 is 17.6 Å². The Labute approximate surface area is 142 Å². The molecule has 0 radical (unpaired) electrons. The van der Waals surface area contributed by atoms with Gasteiger partial charge >= 0.3 is 0 Å². The molecule has 0 bridgehead atoms. The first kappa shape index (κ1) is 18.8. The van der Waals surface area contributed by atoms with Crippen LogP contribution >= 0.6 is 0 Å². The van der Waals surface area contributed by atoms with E-state index in [2.05, 4.69) is 9.62 Å². The molecule has 8 heteroatoms. The number of carbonyl (C=O) groups is 1. The van der Waals surface area contributed by atoms with Crippen molar-refractivity contribution in [3.63, 3.8) is 0 Å². The van der Waals surface area contributed by atoms with Crippen LogP contribution in [0.15, 0.2) is 24.3 Å². The Morgan fingerprint density at radius 2 is 1.88 bits per heavy atom. The summed E-state index contributed by atoms with van der Waals surface area (Å²) < 4.78 is 37.3. The van der Waals surface area contributed by atoms with Crippen molar-refractivity contribution >= 4 is 15.9 Å². The molecule has 2 rings (SSSR count). The molecule has 24 heavy (non-hydrogen) atoms. The van der Waals surface area contributed by atoms with Crippen LogP contribution in [0, 0.1) is 5.82 Å². The SMILES string of the molecule is CS(=O)(=O)NCCC(=O)N1CCCN(Cc2ccc(F)cc2)CC1. The highest BCUT2D eigenvalue weighted by Gasteiger charge is 2.19. The molecular weight excluding hydrogens is 333 g/mol. The molecule has 6 nitrogen and oxygen atoms in total. The molecule has 1 heterocycles. The number of halogens is 1. The Balaban J connectivity index is 1.79. The summed E-state index contributed by atoms with van der Waals surface area (Å²) in [4.78, 5) is 16.2. The molecule has 1 aromatic rings. The highest BCUT2D eigenvalue weighted by molar-refractivity contribution is 7.88. The second-order valence-electron chi connectivity index (χ2n) is 6.05. The van der Waals surface area contributed by atoms with Crippen LogP contribution in [-0.2, 0) is 21.4 Å². The van der Waals surface area contributed by atoms with Gasteiger partial charge in [0.2, 0.25) is 15.9 Å². The Kier molecular flexibility index (Phi) is 6.70. The molecule has 1 amide bonds. The Morgan fingerprint density at radius 1 is 1.17 bits per heavy atom. The number of sulfonamides is 1. The Morgan fingerprint density at radius 3 is 2.54 bits per heavy atom. The fourth-order valence-electron chi connectivity index (χ4n) is 2.73. The van der Waals surface area contributed by atoms with Crippen LogP contribution in [-0.4, -0.2) is 63.1 Å². The topological polar surface area (TPSA) is 69.7 Å². The number of hydrogen-bond acceptors (Lipinski definition) is 4. The van der Waals surface area contributed by atoms with Crippen molar-refractivity contribution in [1.29, 1.82) is 0 Å². The number of nitrogens with zero attached hydrogens (tertiary/aromatic N) is 2. The molecule has 134 valence electrons. The smallest absolute Gasteiger partial charge is 0.223 e. The third-order valence-electron chi connectivity index (χ3n) is 3.96. The third kappa shape index (κ3) is 6.54. The lowest BCUT2D eigenvalue weighted by atomic mass is 10.2. The molecule has 1 aliphatic rings. The number of hydrogen-bond donors (Lipinski definition) is 1. The minimum absolute atomic E-state index is 0.0326. The van der Waals surface area contributed by atoms with Crippen LogP contribution < -0.4 is 4.72 Å². The van der Waals surface area contributed by atoms with Crippen LogP contribution in [0.2, 0.25) is 0 Å². The molecule has 1 aliphatic heterocycles. The van der Waals surface area contributed by atoms with Crippen molar-refractivity contribution in [2.24, 2.45) is 0 Å². The zero-order valence-electron chi connectivity index (χ0n) is 13.9. The van der Waals surface area contributed by atoms with Gasteiger partial charge < -0.3 is 4.90 Å². The second-order valence-corrected chi connectivity index (χ2v) is 7.89. The van der Waals surface area contributed by atoms with E-state index in [9.17, 15) is 17.6 Å². The number of benzene rings is 1. The van der Waals surface area contributed by atoms with Gasteiger partial charge in [-0.1, -0.05) is 12.1 Å². The van der Waals surface area contributed by atoms with Gasteiger partial charge in [0, 0.05) is 45.7 Å². The average Bonchev–Trinajstić information content (AvgIpc) is 2.74. The summed E-state index contributed by atoms with van der Waals surface area (Å²) in [7, 11) is -3.26. The summed E-state index contributed by atoms with van der Waals surface area (Å²) >= 11 is 0. The van der Waals surface area contributed by atoms with Crippen LogP contribution in [0.4, 0.5) is 4.39 Å². The standard InChI is InChI=1S/C16H24FN3O3S/c1-24(22,23)18-8-7-16(21)20-10-2-9-19(11-12-20)13-14-3-5-15(17)6-4-14/h3-6,18H,2,7-13H2,1H3. The summed E-state index contributed by atoms with van der Waals surface area (Å²) in [6, 6.07) is 6.47. The first-order valence-corrected chi connectivity index (χ1v) is 9.92. The van der Waals surface area contributed by atoms with E-state index >= 15 is 0 Å². The number of rotatable bonds is 6. The van der Waals surface area contributed by atoms with Gasteiger partial charge in [-0.2, -0.15) is 0 Å². The minimum atomic E-state index is -3.26. The quantitative estimate of drug-likeness (QED) is 0.818. The van der Waals surface area contributed by atoms with E-state index < -0.39 is 10.0 Å². The molecule has 1 saturated heterocycles. The van der Waals surface area contributed by atoms with Gasteiger partial charge in [0.1, 0.15) is 5.82 Å². The van der Waals surface area contributed by atoms with Gasteiger partial charge in [0.15, 0.2) is 0 Å². The predicted octanol–water partition coefficient (Wildman–Crippen LogP) is 0.799. The van der Waals surface area contributed by atoms with Crippen molar-refractivity contribution in [3.8, 4) is 0 Å². The van der Waals surface area contributed by atoms with Gasteiger partial charge in [0.05, 0.1) is 6.26 Å². The Bertz CT molecular complexity index is 649. The summed E-state index contributed by atoms with van der Waals surface area (Å²) in [6.45, 7) is 3.80. The lowest BCUT2D eigenvalue weighted by Crippen LogP contribution is -2.37. The van der Waals surface area contributed by atoms with Gasteiger partial charge in [-0.25, -0.2) is 17.5 Å². The van der Waals surface area contributed by atoms with Crippen LogP contribution in [0.1, 0.15) is 18.4 Å². The lowest BCUT2D eigenvalue weighted by molar-refractivity contribution is -0.130. The van der Waals surface area contributed by atoms with Crippen LogP contribution in [0.25, 0.3) is 0 Å². The van der Waals surface area contributed by atoms with Crippen molar-refractivity contribution in [1.82, 2.24) is 14.5 Å². The molecule has 1 aromatic carbocycles. The van der Waals surface area contributed by atoms with E-state index in [4.69, 9.17) is 0 Å². The van der Waals surface area contributed by atoms with Crippen LogP contribution in [0.5, 0.6) is 0 Å². The normalized spacial score (nSPS) is 16.8. The third-order valence-corrected chi connectivity index (χ3v) is 4.69. The van der Waals surface area contributed by atoms with E-state index in [-0.39, 0.29) is 24.7 Å². The minimum Gasteiger partial charge on any atom is -0.341 e. The zero-order valence-corrected chi connectivity index (χ0v) is 14.7. The maximum atomic E-state index is 12.9. The van der Waals surface area contributed by atoms with E-state index in [1.165, 1.54) is 12.1 Å². The Hall–Kier alpha value is -1.51. The van der Waals surface area contributed by atoms with Crippen molar-refractivity contribution in [2.45, 2.75) is 19.4 Å². The molecular formula is C16H24FN3O3S. The number of amides is 1. The largest absolute Gasteiger partial charge is 0.341 e. The summed E-state index contributed by atoms with van der Waals surface area (Å²) in [5.74, 6) is -0.274. The lowest BCUT2D eigenvalue weighted by Gasteiger charge is -2.22. The molecule has 0 aliphatic carbocycles. The number of nitrogens with one attached hydrogen (secondary N) is 1. The molecule has 1 N–H and O–H groups in total. The van der Waals surface area contributed by atoms with Gasteiger partial charge in [-0.3, -0.25) is 9.69 Å². The van der Waals surface area contributed by atoms with Gasteiger partial charge in [-0.05, 0) is 24.1 Å². The molecule has 0 atom stereocenters. The predicted molar refractivity (Wildman–Crippen MR) is 90.3 cm³/mol. The molecule has 0 spiro atoms. The fourth-order valence-corrected chi connectivity index (χ4v) is 3.20. The molecule has 1 fully saturated rings. The zero-order chi connectivity index (χ0) is 17.6. The van der Waals surface area contributed by atoms with E-state index in [1.807, 2.05) is 0 Å².